The minimum Gasteiger partial charge on any atom is -0.509 e. The number of hydrogen-bond acceptors (Lipinski definition) is 3. The Kier molecular flexibility index (Phi) is 11.2. The molecule has 0 spiro atoms. The summed E-state index contributed by atoms with van der Waals surface area (Å²) in [5.74, 6) is 2.16. The summed E-state index contributed by atoms with van der Waals surface area (Å²) in [5, 5.41) is 7.32. The average molecular weight is 868 g/mol. The van der Waals surface area contributed by atoms with E-state index in [9.17, 15) is 0 Å². The number of aromatic nitrogens is 4. The molecule has 0 aliphatic heterocycles. The molecule has 4 aromatic carbocycles. The quantitative estimate of drug-likeness (QED) is 0.0961. The van der Waals surface area contributed by atoms with Gasteiger partial charge in [-0.25, -0.2) is 4.98 Å². The fourth-order valence-electron chi connectivity index (χ4n) is 7.26. The maximum Gasteiger partial charge on any atom is 2.00 e. The van der Waals surface area contributed by atoms with Gasteiger partial charge in [-0.1, -0.05) is 94.9 Å². The van der Waals surface area contributed by atoms with Crippen LogP contribution in [0.5, 0.6) is 11.5 Å². The van der Waals surface area contributed by atoms with Crippen molar-refractivity contribution < 1.29 is 25.8 Å². The Morgan fingerprint density at radius 1 is 0.769 bits per heavy atom. The second-order valence-electron chi connectivity index (χ2n) is 15.1. The summed E-state index contributed by atoms with van der Waals surface area (Å²) in [7, 11) is 0. The molecule has 52 heavy (non-hydrogen) atoms. The summed E-state index contributed by atoms with van der Waals surface area (Å²) in [6, 6.07) is 37.2. The van der Waals surface area contributed by atoms with Gasteiger partial charge in [-0.15, -0.1) is 35.7 Å². The third-order valence-electron chi connectivity index (χ3n) is 9.72. The SMILES string of the molecule is CCCc1cc(Oc2[c-]c3c(cc2)c2cc(CCCCC(C)(C)C)ccc2n3-c2cc(C)ccn2)[c-]c(-n2nc(C)c(-c3ccccc3)c2C)c1.[Pt+2]. The van der Waals surface area contributed by atoms with Gasteiger partial charge in [0.25, 0.3) is 0 Å². The standard InChI is InChI=1S/C46H48N4O.Pt/c1-8-14-35-26-37(50-33(4)45(32(3)48-50)36-16-10-9-11-17-36)29-39(27-35)51-38-19-20-40-41-28-34(15-12-13-23-46(5,6)7)18-21-42(41)49(43(40)30-38)44-25-31(2)22-24-47-44;/h9-11,16-22,24-28H,8,12-15,23H2,1-7H3;/q-2;+2. The second kappa shape index (κ2) is 15.6. The van der Waals surface area contributed by atoms with Crippen LogP contribution in [0.4, 0.5) is 0 Å². The molecule has 0 bridgehead atoms. The molecule has 0 atom stereocenters. The predicted molar refractivity (Wildman–Crippen MR) is 211 cm³/mol. The van der Waals surface area contributed by atoms with Gasteiger partial charge in [0.15, 0.2) is 0 Å². The molecule has 0 unspecified atom stereocenters. The van der Waals surface area contributed by atoms with Gasteiger partial charge in [-0.05, 0) is 91.4 Å². The zero-order valence-corrected chi connectivity index (χ0v) is 33.7. The van der Waals surface area contributed by atoms with Crippen molar-refractivity contribution in [3.8, 4) is 34.1 Å². The first-order chi connectivity index (χ1) is 24.6. The van der Waals surface area contributed by atoms with Gasteiger partial charge in [0.2, 0.25) is 0 Å². The largest absolute Gasteiger partial charge is 2.00 e. The average Bonchev–Trinajstić information content (AvgIpc) is 3.58. The molecule has 3 aromatic heterocycles. The zero-order valence-electron chi connectivity index (χ0n) is 31.4. The molecule has 3 heterocycles. The molecule has 268 valence electrons. The zero-order chi connectivity index (χ0) is 35.7. The van der Waals surface area contributed by atoms with Gasteiger partial charge in [0.1, 0.15) is 5.82 Å². The van der Waals surface area contributed by atoms with Crippen LogP contribution in [0.2, 0.25) is 0 Å². The van der Waals surface area contributed by atoms with Crippen LogP contribution in [-0.4, -0.2) is 19.3 Å². The van der Waals surface area contributed by atoms with E-state index in [1.54, 1.807) is 0 Å². The van der Waals surface area contributed by atoms with Crippen LogP contribution >= 0.6 is 0 Å². The first kappa shape index (κ1) is 37.3. The summed E-state index contributed by atoms with van der Waals surface area (Å²) in [6.07, 6.45) is 8.56. The van der Waals surface area contributed by atoms with Gasteiger partial charge in [0, 0.05) is 34.5 Å². The number of unbranched alkanes of at least 4 members (excludes halogenated alkanes) is 1. The fraction of sp³-hybridized carbons (Fsp3) is 0.304. The summed E-state index contributed by atoms with van der Waals surface area (Å²) < 4.78 is 10.9. The molecule has 0 saturated heterocycles. The summed E-state index contributed by atoms with van der Waals surface area (Å²) in [4.78, 5) is 4.80. The third-order valence-corrected chi connectivity index (χ3v) is 9.72. The van der Waals surface area contributed by atoms with Crippen LogP contribution in [0.1, 0.15) is 81.5 Å². The van der Waals surface area contributed by atoms with Crippen LogP contribution in [0, 0.1) is 38.3 Å². The Morgan fingerprint density at radius 2 is 1.58 bits per heavy atom. The summed E-state index contributed by atoms with van der Waals surface area (Å²) >= 11 is 0. The Bertz CT molecular complexity index is 2330. The molecule has 0 aliphatic rings. The molecule has 0 fully saturated rings. The van der Waals surface area contributed by atoms with Crippen LogP contribution in [0.15, 0.2) is 91.1 Å². The Balaban J connectivity index is 0.00000464. The van der Waals surface area contributed by atoms with Gasteiger partial charge in [-0.2, -0.15) is 16.7 Å². The maximum atomic E-state index is 6.64. The molecule has 6 heteroatoms. The summed E-state index contributed by atoms with van der Waals surface area (Å²) in [5.41, 5.74) is 11.4. The van der Waals surface area contributed by atoms with E-state index in [0.717, 1.165) is 75.3 Å². The van der Waals surface area contributed by atoms with Crippen molar-refractivity contribution in [3.63, 3.8) is 0 Å². The molecule has 0 aliphatic carbocycles. The summed E-state index contributed by atoms with van der Waals surface area (Å²) in [6.45, 7) is 15.5. The van der Waals surface area contributed by atoms with E-state index in [0.29, 0.717) is 16.9 Å². The monoisotopic (exact) mass is 867 g/mol. The van der Waals surface area contributed by atoms with Gasteiger partial charge in [-0.3, -0.25) is 4.68 Å². The Morgan fingerprint density at radius 3 is 2.33 bits per heavy atom. The number of benzene rings is 4. The first-order valence-corrected chi connectivity index (χ1v) is 18.4. The normalized spacial score (nSPS) is 11.7. The Labute approximate surface area is 323 Å². The van der Waals surface area contributed by atoms with E-state index < -0.39 is 0 Å². The maximum absolute atomic E-state index is 6.64. The number of ether oxygens (including phenoxy) is 1. The molecule has 0 amide bonds. The van der Waals surface area contributed by atoms with Gasteiger partial charge >= 0.3 is 21.1 Å². The molecular formula is C46H48N4OPt. The number of fused-ring (bicyclic) bond motifs is 3. The molecule has 7 rings (SSSR count). The number of hydrogen-bond donors (Lipinski definition) is 0. The van der Waals surface area contributed by atoms with E-state index in [1.165, 1.54) is 35.8 Å². The minimum absolute atomic E-state index is 0. The molecular weight excluding hydrogens is 820 g/mol. The van der Waals surface area contributed by atoms with Gasteiger partial charge < -0.3 is 9.30 Å². The Hall–Kier alpha value is -4.47. The van der Waals surface area contributed by atoms with Crippen molar-refractivity contribution >= 4 is 21.8 Å². The molecule has 5 nitrogen and oxygen atoms in total. The van der Waals surface area contributed by atoms with Gasteiger partial charge in [0.05, 0.1) is 5.69 Å². The van der Waals surface area contributed by atoms with E-state index in [4.69, 9.17) is 14.8 Å². The smallest absolute Gasteiger partial charge is 0.509 e. The van der Waals surface area contributed by atoms with Crippen LogP contribution in [-0.2, 0) is 33.9 Å². The topological polar surface area (TPSA) is 44.9 Å². The van der Waals surface area contributed by atoms with E-state index in [2.05, 4.69) is 132 Å². The van der Waals surface area contributed by atoms with E-state index in [1.807, 2.05) is 29.1 Å². The van der Waals surface area contributed by atoms with Crippen molar-refractivity contribution in [3.05, 3.63) is 131 Å². The van der Waals surface area contributed by atoms with Crippen LogP contribution in [0.3, 0.4) is 0 Å². The van der Waals surface area contributed by atoms with Crippen molar-refractivity contribution in [2.24, 2.45) is 5.41 Å². The first-order valence-electron chi connectivity index (χ1n) is 18.4. The fourth-order valence-corrected chi connectivity index (χ4v) is 7.26. The van der Waals surface area contributed by atoms with Crippen LogP contribution in [0.25, 0.3) is 44.4 Å². The number of nitrogens with zero attached hydrogens (tertiary/aromatic N) is 4. The molecule has 0 saturated carbocycles. The third kappa shape index (κ3) is 7.95. The molecule has 0 radical (unpaired) electrons. The van der Waals surface area contributed by atoms with E-state index >= 15 is 0 Å². The predicted octanol–water partition coefficient (Wildman–Crippen LogP) is 12.1. The molecule has 7 aromatic rings. The molecule has 0 N–H and O–H groups in total. The minimum atomic E-state index is 0. The number of rotatable bonds is 11. The number of pyridine rings is 1. The van der Waals surface area contributed by atoms with Crippen molar-refractivity contribution in [2.45, 2.75) is 87.0 Å². The van der Waals surface area contributed by atoms with E-state index in [-0.39, 0.29) is 21.1 Å². The van der Waals surface area contributed by atoms with Crippen molar-refractivity contribution in [1.29, 1.82) is 0 Å². The van der Waals surface area contributed by atoms with Crippen molar-refractivity contribution in [2.75, 3.05) is 0 Å². The van der Waals surface area contributed by atoms with Crippen molar-refractivity contribution in [1.82, 2.24) is 19.3 Å². The van der Waals surface area contributed by atoms with Crippen LogP contribution < -0.4 is 4.74 Å². The second-order valence-corrected chi connectivity index (χ2v) is 15.1. The number of aryl methyl sites for hydroxylation is 4.